The molecule has 0 spiro atoms. The number of carbonyl (C=O) groups excluding carboxylic acids is 2. The number of benzene rings is 1. The molecule has 1 aliphatic heterocycles. The second kappa shape index (κ2) is 7.15. The van der Waals surface area contributed by atoms with Crippen molar-refractivity contribution in [2.75, 3.05) is 31.1 Å². The molecule has 2 heterocycles. The Kier molecular flexibility index (Phi) is 4.56. The molecule has 0 bridgehead atoms. The second-order valence-electron chi connectivity index (χ2n) is 6.80. The lowest BCUT2D eigenvalue weighted by Gasteiger charge is -2.35. The predicted octanol–water partition coefficient (Wildman–Crippen LogP) is 1.94. The van der Waals surface area contributed by atoms with Crippen LogP contribution in [0.1, 0.15) is 33.6 Å². The van der Waals surface area contributed by atoms with Crippen LogP contribution in [0.3, 0.4) is 0 Å². The van der Waals surface area contributed by atoms with E-state index in [1.165, 1.54) is 0 Å². The molecular formula is C20H22N4O2. The molecule has 1 saturated carbocycles. The van der Waals surface area contributed by atoms with E-state index in [-0.39, 0.29) is 11.8 Å². The quantitative estimate of drug-likeness (QED) is 0.915. The lowest BCUT2D eigenvalue weighted by atomic mass is 10.1. The Bertz CT molecular complexity index is 796. The third-order valence-electron chi connectivity index (χ3n) is 4.82. The molecule has 2 aliphatic rings. The SMILES string of the molecule is O=C(NC1CC1)c1cccc(C(=O)N2CCN(c3ccccn3)CC2)c1. The van der Waals surface area contributed by atoms with Crippen molar-refractivity contribution in [1.29, 1.82) is 0 Å². The van der Waals surface area contributed by atoms with Crippen molar-refractivity contribution in [2.24, 2.45) is 0 Å². The van der Waals surface area contributed by atoms with Crippen molar-refractivity contribution < 1.29 is 9.59 Å². The molecule has 134 valence electrons. The number of piperazine rings is 1. The van der Waals surface area contributed by atoms with E-state index >= 15 is 0 Å². The maximum absolute atomic E-state index is 12.8. The number of hydrogen-bond acceptors (Lipinski definition) is 4. The Balaban J connectivity index is 1.39. The zero-order valence-electron chi connectivity index (χ0n) is 14.6. The highest BCUT2D eigenvalue weighted by atomic mass is 16.2. The zero-order chi connectivity index (χ0) is 17.9. The Morgan fingerprint density at radius 3 is 2.42 bits per heavy atom. The van der Waals surface area contributed by atoms with E-state index in [9.17, 15) is 9.59 Å². The minimum atomic E-state index is -0.0953. The van der Waals surface area contributed by atoms with Gasteiger partial charge < -0.3 is 15.1 Å². The maximum atomic E-state index is 12.8. The van der Waals surface area contributed by atoms with Crippen molar-refractivity contribution in [3.63, 3.8) is 0 Å². The van der Waals surface area contributed by atoms with E-state index in [2.05, 4.69) is 15.2 Å². The Morgan fingerprint density at radius 1 is 0.962 bits per heavy atom. The van der Waals surface area contributed by atoms with Crippen LogP contribution in [0.25, 0.3) is 0 Å². The number of aromatic nitrogens is 1. The monoisotopic (exact) mass is 350 g/mol. The molecule has 2 amide bonds. The van der Waals surface area contributed by atoms with Gasteiger partial charge in [0.1, 0.15) is 5.82 Å². The summed E-state index contributed by atoms with van der Waals surface area (Å²) in [6.07, 6.45) is 3.88. The molecule has 26 heavy (non-hydrogen) atoms. The number of carbonyl (C=O) groups is 2. The lowest BCUT2D eigenvalue weighted by molar-refractivity contribution is 0.0746. The molecule has 0 radical (unpaired) electrons. The summed E-state index contributed by atoms with van der Waals surface area (Å²) in [7, 11) is 0. The van der Waals surface area contributed by atoms with Gasteiger partial charge in [0.05, 0.1) is 0 Å². The number of nitrogens with zero attached hydrogens (tertiary/aromatic N) is 3. The summed E-state index contributed by atoms with van der Waals surface area (Å²) in [5.74, 6) is 0.826. The fraction of sp³-hybridized carbons (Fsp3) is 0.350. The molecule has 6 nitrogen and oxygen atoms in total. The van der Waals surface area contributed by atoms with Gasteiger partial charge in [-0.05, 0) is 43.2 Å². The highest BCUT2D eigenvalue weighted by Gasteiger charge is 2.25. The number of anilines is 1. The van der Waals surface area contributed by atoms with E-state index in [0.29, 0.717) is 30.3 Å². The largest absolute Gasteiger partial charge is 0.353 e. The molecule has 6 heteroatoms. The number of pyridine rings is 1. The predicted molar refractivity (Wildman–Crippen MR) is 99.3 cm³/mol. The normalized spacial score (nSPS) is 17.1. The third-order valence-corrected chi connectivity index (χ3v) is 4.82. The van der Waals surface area contributed by atoms with Gasteiger partial charge in [0.25, 0.3) is 11.8 Å². The van der Waals surface area contributed by atoms with Crippen LogP contribution in [-0.4, -0.2) is 53.9 Å². The van der Waals surface area contributed by atoms with E-state index in [0.717, 1.165) is 31.7 Å². The molecular weight excluding hydrogens is 328 g/mol. The highest BCUT2D eigenvalue weighted by molar-refractivity contribution is 5.99. The van der Waals surface area contributed by atoms with E-state index in [1.54, 1.807) is 30.5 Å². The van der Waals surface area contributed by atoms with Crippen molar-refractivity contribution in [3.05, 3.63) is 59.8 Å². The zero-order valence-corrected chi connectivity index (χ0v) is 14.6. The highest BCUT2D eigenvalue weighted by Crippen LogP contribution is 2.20. The fourth-order valence-corrected chi connectivity index (χ4v) is 3.15. The minimum Gasteiger partial charge on any atom is -0.353 e. The van der Waals surface area contributed by atoms with Crippen LogP contribution in [0, 0.1) is 0 Å². The minimum absolute atomic E-state index is 0.0215. The molecule has 1 saturated heterocycles. The summed E-state index contributed by atoms with van der Waals surface area (Å²) in [4.78, 5) is 33.4. The van der Waals surface area contributed by atoms with Crippen molar-refractivity contribution in [3.8, 4) is 0 Å². The first kappa shape index (κ1) is 16.6. The number of rotatable bonds is 4. The number of nitrogens with one attached hydrogen (secondary N) is 1. The van der Waals surface area contributed by atoms with Crippen LogP contribution in [0.4, 0.5) is 5.82 Å². The topological polar surface area (TPSA) is 65.5 Å². The average Bonchev–Trinajstić information content (AvgIpc) is 3.52. The van der Waals surface area contributed by atoms with E-state index in [1.807, 2.05) is 23.1 Å². The fourth-order valence-electron chi connectivity index (χ4n) is 3.15. The van der Waals surface area contributed by atoms with Gasteiger partial charge >= 0.3 is 0 Å². The van der Waals surface area contributed by atoms with Crippen molar-refractivity contribution in [2.45, 2.75) is 18.9 Å². The van der Waals surface area contributed by atoms with Gasteiger partial charge in [0.2, 0.25) is 0 Å². The Labute approximate surface area is 152 Å². The van der Waals surface area contributed by atoms with Gasteiger partial charge in [-0.3, -0.25) is 9.59 Å². The summed E-state index contributed by atoms with van der Waals surface area (Å²) < 4.78 is 0. The van der Waals surface area contributed by atoms with E-state index < -0.39 is 0 Å². The molecule has 1 aromatic heterocycles. The van der Waals surface area contributed by atoms with Crippen molar-refractivity contribution in [1.82, 2.24) is 15.2 Å². The average molecular weight is 350 g/mol. The van der Waals surface area contributed by atoms with Crippen molar-refractivity contribution >= 4 is 17.6 Å². The Hall–Kier alpha value is -2.89. The van der Waals surface area contributed by atoms with Crippen LogP contribution in [0.15, 0.2) is 48.7 Å². The van der Waals surface area contributed by atoms with Gasteiger partial charge in [0, 0.05) is 49.5 Å². The third kappa shape index (κ3) is 3.69. The van der Waals surface area contributed by atoms with Gasteiger partial charge in [-0.25, -0.2) is 4.98 Å². The van der Waals surface area contributed by atoms with Crippen LogP contribution in [0.5, 0.6) is 0 Å². The molecule has 1 aromatic carbocycles. The van der Waals surface area contributed by atoms with Crippen LogP contribution in [0.2, 0.25) is 0 Å². The van der Waals surface area contributed by atoms with Crippen LogP contribution >= 0.6 is 0 Å². The second-order valence-corrected chi connectivity index (χ2v) is 6.80. The number of amides is 2. The first-order valence-electron chi connectivity index (χ1n) is 9.07. The van der Waals surface area contributed by atoms with Crippen LogP contribution in [-0.2, 0) is 0 Å². The molecule has 4 rings (SSSR count). The van der Waals surface area contributed by atoms with Crippen LogP contribution < -0.4 is 10.2 Å². The first-order chi connectivity index (χ1) is 12.7. The lowest BCUT2D eigenvalue weighted by Crippen LogP contribution is -2.49. The first-order valence-corrected chi connectivity index (χ1v) is 9.07. The molecule has 1 aliphatic carbocycles. The number of hydrogen-bond donors (Lipinski definition) is 1. The smallest absolute Gasteiger partial charge is 0.253 e. The molecule has 0 unspecified atom stereocenters. The summed E-state index contributed by atoms with van der Waals surface area (Å²) in [5, 5.41) is 2.96. The molecule has 0 atom stereocenters. The van der Waals surface area contributed by atoms with Gasteiger partial charge in [-0.15, -0.1) is 0 Å². The maximum Gasteiger partial charge on any atom is 0.253 e. The summed E-state index contributed by atoms with van der Waals surface area (Å²) in [5.41, 5.74) is 1.12. The van der Waals surface area contributed by atoms with Gasteiger partial charge in [0.15, 0.2) is 0 Å². The summed E-state index contributed by atoms with van der Waals surface area (Å²) in [6, 6.07) is 13.2. The molecule has 2 fully saturated rings. The molecule has 2 aromatic rings. The summed E-state index contributed by atoms with van der Waals surface area (Å²) >= 11 is 0. The van der Waals surface area contributed by atoms with Gasteiger partial charge in [-0.1, -0.05) is 12.1 Å². The molecule has 1 N–H and O–H groups in total. The van der Waals surface area contributed by atoms with E-state index in [4.69, 9.17) is 0 Å². The standard InChI is InChI=1S/C20H22N4O2/c25-19(22-17-7-8-17)15-4-3-5-16(14-15)20(26)24-12-10-23(11-13-24)18-6-1-2-9-21-18/h1-6,9,14,17H,7-8,10-13H2,(H,22,25). The van der Waals surface area contributed by atoms with Gasteiger partial charge in [-0.2, -0.15) is 0 Å². The Morgan fingerprint density at radius 2 is 1.73 bits per heavy atom. The summed E-state index contributed by atoms with van der Waals surface area (Å²) in [6.45, 7) is 2.80.